The smallest absolute Gasteiger partial charge is 0.336 e. The Morgan fingerprint density at radius 3 is 3.08 bits per heavy atom. The molecule has 1 rings (SSSR count). The van der Waals surface area contributed by atoms with Gasteiger partial charge in [-0.1, -0.05) is 12.1 Å². The van der Waals surface area contributed by atoms with Crippen LogP contribution in [0.2, 0.25) is 0 Å². The summed E-state index contributed by atoms with van der Waals surface area (Å²) in [6.45, 7) is 1.95. The van der Waals surface area contributed by atoms with Gasteiger partial charge < -0.3 is 5.11 Å². The summed E-state index contributed by atoms with van der Waals surface area (Å²) in [7, 11) is 0. The van der Waals surface area contributed by atoms with Gasteiger partial charge in [-0.2, -0.15) is 0 Å². The van der Waals surface area contributed by atoms with Crippen molar-refractivity contribution in [3.05, 3.63) is 47.2 Å². The number of carbonyl (C=O) groups is 1. The molecule has 2 heteroatoms. The predicted molar refractivity (Wildman–Crippen MR) is 50.2 cm³/mol. The third-order valence-corrected chi connectivity index (χ3v) is 1.57. The maximum Gasteiger partial charge on any atom is 0.336 e. The average molecular weight is 173 g/mol. The van der Waals surface area contributed by atoms with Crippen LogP contribution in [0.1, 0.15) is 11.1 Å². The number of carboxylic acids is 1. The molecule has 0 unspecified atom stereocenters. The molecule has 0 aromatic heterocycles. The van der Waals surface area contributed by atoms with Gasteiger partial charge >= 0.3 is 5.97 Å². The molecule has 13 heavy (non-hydrogen) atoms. The number of aryl methyl sites for hydroxylation is 1. The SMILES string of the molecule is Cc1cc[c]cc1C=C=CC(=O)O. The van der Waals surface area contributed by atoms with Crippen LogP contribution in [0, 0.1) is 13.0 Å². The van der Waals surface area contributed by atoms with Gasteiger partial charge in [-0.15, -0.1) is 5.73 Å². The van der Waals surface area contributed by atoms with Crippen molar-refractivity contribution in [1.82, 2.24) is 0 Å². The van der Waals surface area contributed by atoms with Gasteiger partial charge in [0.15, 0.2) is 0 Å². The minimum absolute atomic E-state index is 0.931. The minimum atomic E-state index is -0.992. The van der Waals surface area contributed by atoms with Crippen LogP contribution < -0.4 is 0 Å². The van der Waals surface area contributed by atoms with Gasteiger partial charge in [0.05, 0.1) is 6.08 Å². The highest BCUT2D eigenvalue weighted by molar-refractivity contribution is 5.80. The molecule has 1 aromatic rings. The van der Waals surface area contributed by atoms with Crippen molar-refractivity contribution < 1.29 is 9.90 Å². The number of hydrogen-bond donors (Lipinski definition) is 1. The maximum atomic E-state index is 10.1. The minimum Gasteiger partial charge on any atom is -0.478 e. The first-order chi connectivity index (χ1) is 6.20. The van der Waals surface area contributed by atoms with E-state index in [0.29, 0.717) is 0 Å². The van der Waals surface area contributed by atoms with Gasteiger partial charge in [-0.05, 0) is 36.3 Å². The van der Waals surface area contributed by atoms with E-state index in [2.05, 4.69) is 11.8 Å². The molecule has 65 valence electrons. The average Bonchev–Trinajstić information content (AvgIpc) is 2.08. The van der Waals surface area contributed by atoms with E-state index in [9.17, 15) is 4.79 Å². The summed E-state index contributed by atoms with van der Waals surface area (Å²) in [5.74, 6) is -0.992. The van der Waals surface area contributed by atoms with Crippen molar-refractivity contribution >= 4 is 12.0 Å². The summed E-state index contributed by atoms with van der Waals surface area (Å²) < 4.78 is 0. The molecule has 2 nitrogen and oxygen atoms in total. The lowest BCUT2D eigenvalue weighted by Gasteiger charge is -1.94. The summed E-state index contributed by atoms with van der Waals surface area (Å²) in [5, 5.41) is 8.31. The van der Waals surface area contributed by atoms with Gasteiger partial charge in [0.2, 0.25) is 0 Å². The predicted octanol–water partition coefficient (Wildman–Crippen LogP) is 2.05. The number of hydrogen-bond acceptors (Lipinski definition) is 1. The Hall–Kier alpha value is -1.79. The highest BCUT2D eigenvalue weighted by Crippen LogP contribution is 2.07. The summed E-state index contributed by atoms with van der Waals surface area (Å²) >= 11 is 0. The molecule has 0 fully saturated rings. The van der Waals surface area contributed by atoms with Crippen LogP contribution in [-0.4, -0.2) is 11.1 Å². The van der Waals surface area contributed by atoms with E-state index in [-0.39, 0.29) is 0 Å². The zero-order valence-corrected chi connectivity index (χ0v) is 7.24. The van der Waals surface area contributed by atoms with Crippen molar-refractivity contribution in [3.63, 3.8) is 0 Å². The molecule has 1 N–H and O–H groups in total. The van der Waals surface area contributed by atoms with Crippen LogP contribution in [0.3, 0.4) is 0 Å². The number of aliphatic carboxylic acids is 1. The second kappa shape index (κ2) is 4.29. The molecule has 0 atom stereocenters. The Labute approximate surface area is 76.8 Å². The summed E-state index contributed by atoms with van der Waals surface area (Å²) in [5.41, 5.74) is 4.58. The van der Waals surface area contributed by atoms with E-state index in [1.54, 1.807) is 12.1 Å². The van der Waals surface area contributed by atoms with Crippen LogP contribution in [0.25, 0.3) is 6.08 Å². The van der Waals surface area contributed by atoms with E-state index in [0.717, 1.165) is 17.2 Å². The second-order valence-corrected chi connectivity index (χ2v) is 2.58. The van der Waals surface area contributed by atoms with Crippen LogP contribution in [0.15, 0.2) is 30.0 Å². The van der Waals surface area contributed by atoms with Crippen LogP contribution in [0.4, 0.5) is 0 Å². The fraction of sp³-hybridized carbons (Fsp3) is 0.0909. The summed E-state index contributed by atoms with van der Waals surface area (Å²) in [6.07, 6.45) is 2.60. The largest absolute Gasteiger partial charge is 0.478 e. The van der Waals surface area contributed by atoms with Crippen molar-refractivity contribution in [1.29, 1.82) is 0 Å². The van der Waals surface area contributed by atoms with Gasteiger partial charge in [0, 0.05) is 0 Å². The van der Waals surface area contributed by atoms with E-state index in [1.807, 2.05) is 19.1 Å². The van der Waals surface area contributed by atoms with Crippen molar-refractivity contribution in [3.8, 4) is 0 Å². The molecule has 0 saturated heterocycles. The van der Waals surface area contributed by atoms with Crippen LogP contribution >= 0.6 is 0 Å². The molecular weight excluding hydrogens is 164 g/mol. The third-order valence-electron chi connectivity index (χ3n) is 1.57. The molecule has 0 aliphatic heterocycles. The first kappa shape index (κ1) is 9.30. The van der Waals surface area contributed by atoms with E-state index in [1.165, 1.54) is 0 Å². The molecular formula is C11H9O2. The van der Waals surface area contributed by atoms with Gasteiger partial charge in [-0.3, -0.25) is 0 Å². The van der Waals surface area contributed by atoms with Crippen molar-refractivity contribution in [2.45, 2.75) is 6.92 Å². The van der Waals surface area contributed by atoms with Gasteiger partial charge in [0.1, 0.15) is 0 Å². The fourth-order valence-corrected chi connectivity index (χ4v) is 0.879. The topological polar surface area (TPSA) is 37.3 Å². The Kier molecular flexibility index (Phi) is 3.07. The third kappa shape index (κ3) is 2.97. The molecule has 0 bridgehead atoms. The maximum absolute atomic E-state index is 10.1. The lowest BCUT2D eigenvalue weighted by molar-refractivity contribution is -0.131. The Morgan fingerprint density at radius 1 is 1.69 bits per heavy atom. The lowest BCUT2D eigenvalue weighted by atomic mass is 10.1. The zero-order valence-electron chi connectivity index (χ0n) is 7.24. The van der Waals surface area contributed by atoms with E-state index < -0.39 is 5.97 Å². The number of rotatable bonds is 2. The lowest BCUT2D eigenvalue weighted by Crippen LogP contribution is -1.83. The Balaban J connectivity index is 2.92. The molecule has 1 radical (unpaired) electrons. The quantitative estimate of drug-likeness (QED) is 0.549. The van der Waals surface area contributed by atoms with Crippen molar-refractivity contribution in [2.75, 3.05) is 0 Å². The standard InChI is InChI=1S/C11H9O2/c1-9-5-2-3-6-10(9)7-4-8-11(12)13/h2,5-8H,1H3,(H,12,13). The monoisotopic (exact) mass is 173 g/mol. The highest BCUT2D eigenvalue weighted by Gasteiger charge is 1.89. The van der Waals surface area contributed by atoms with E-state index >= 15 is 0 Å². The van der Waals surface area contributed by atoms with Crippen LogP contribution in [0.5, 0.6) is 0 Å². The van der Waals surface area contributed by atoms with Gasteiger partial charge in [0.25, 0.3) is 0 Å². The summed E-state index contributed by atoms with van der Waals surface area (Å²) in [4.78, 5) is 10.1. The number of carboxylic acid groups (broad SMARTS) is 1. The molecule has 0 aliphatic rings. The second-order valence-electron chi connectivity index (χ2n) is 2.58. The molecule has 0 heterocycles. The first-order valence-corrected chi connectivity index (χ1v) is 3.82. The first-order valence-electron chi connectivity index (χ1n) is 3.82. The highest BCUT2D eigenvalue weighted by atomic mass is 16.4. The normalized spacial score (nSPS) is 8.69. The molecule has 1 aromatic carbocycles. The molecule has 0 aliphatic carbocycles. The zero-order chi connectivity index (χ0) is 9.68. The Bertz CT molecular complexity index is 371. The number of benzene rings is 1. The molecule has 0 spiro atoms. The van der Waals surface area contributed by atoms with E-state index in [4.69, 9.17) is 5.11 Å². The molecule has 0 amide bonds. The summed E-state index contributed by atoms with van der Waals surface area (Å²) in [6, 6.07) is 8.42. The van der Waals surface area contributed by atoms with Crippen molar-refractivity contribution in [2.24, 2.45) is 0 Å². The molecule has 0 saturated carbocycles. The fourth-order valence-electron chi connectivity index (χ4n) is 0.879. The van der Waals surface area contributed by atoms with Crippen LogP contribution in [-0.2, 0) is 4.79 Å². The van der Waals surface area contributed by atoms with Gasteiger partial charge in [-0.25, -0.2) is 4.79 Å². The Morgan fingerprint density at radius 2 is 2.46 bits per heavy atom.